The molecule has 1 aliphatic carbocycles. The molecule has 2 atom stereocenters. The van der Waals surface area contributed by atoms with Crippen LogP contribution in [0.3, 0.4) is 0 Å². The third-order valence-corrected chi connectivity index (χ3v) is 4.70. The van der Waals surface area contributed by atoms with Crippen molar-refractivity contribution in [1.29, 1.82) is 0 Å². The summed E-state index contributed by atoms with van der Waals surface area (Å²) in [4.78, 5) is 18.0. The van der Waals surface area contributed by atoms with E-state index in [0.29, 0.717) is 31.2 Å². The van der Waals surface area contributed by atoms with Gasteiger partial charge in [0.15, 0.2) is 0 Å². The number of hydrogen-bond acceptors (Lipinski definition) is 8. The summed E-state index contributed by atoms with van der Waals surface area (Å²) in [6.07, 6.45) is 3.85. The van der Waals surface area contributed by atoms with Crippen molar-refractivity contribution < 1.29 is 4.74 Å². The SMILES string of the molecule is NNc1nc(N2CCOCC2)nc(N2CC3CCC2C3)n1. The Labute approximate surface area is 123 Å². The van der Waals surface area contributed by atoms with E-state index in [2.05, 4.69) is 30.2 Å². The Morgan fingerprint density at radius 1 is 1.10 bits per heavy atom. The number of nitrogens with zero attached hydrogens (tertiary/aromatic N) is 5. The quantitative estimate of drug-likeness (QED) is 0.593. The molecule has 0 radical (unpaired) electrons. The molecule has 2 saturated heterocycles. The average molecular weight is 291 g/mol. The van der Waals surface area contributed by atoms with Gasteiger partial charge in [0.25, 0.3) is 0 Å². The highest BCUT2D eigenvalue weighted by molar-refractivity contribution is 5.46. The number of nitrogen functional groups attached to an aromatic ring is 1. The van der Waals surface area contributed by atoms with Crippen LogP contribution in [0.1, 0.15) is 19.3 Å². The van der Waals surface area contributed by atoms with Crippen molar-refractivity contribution in [2.75, 3.05) is 48.1 Å². The lowest BCUT2D eigenvalue weighted by Gasteiger charge is -2.30. The van der Waals surface area contributed by atoms with Crippen LogP contribution in [0.4, 0.5) is 17.8 Å². The Morgan fingerprint density at radius 2 is 1.90 bits per heavy atom. The molecule has 1 aromatic rings. The molecule has 0 spiro atoms. The van der Waals surface area contributed by atoms with Crippen LogP contribution in [-0.4, -0.2) is 53.8 Å². The zero-order valence-electron chi connectivity index (χ0n) is 12.0. The molecule has 3 aliphatic rings. The third-order valence-electron chi connectivity index (χ3n) is 4.70. The number of hydrogen-bond donors (Lipinski definition) is 2. The van der Waals surface area contributed by atoms with Gasteiger partial charge in [0.05, 0.1) is 13.2 Å². The number of rotatable bonds is 3. The molecule has 3 heterocycles. The highest BCUT2D eigenvalue weighted by Gasteiger charge is 2.39. The molecule has 2 aliphatic heterocycles. The number of hydrazine groups is 1. The Morgan fingerprint density at radius 3 is 2.57 bits per heavy atom. The van der Waals surface area contributed by atoms with Gasteiger partial charge in [-0.05, 0) is 25.2 Å². The lowest BCUT2D eigenvalue weighted by atomic mass is 10.1. The summed E-state index contributed by atoms with van der Waals surface area (Å²) in [5.41, 5.74) is 2.57. The smallest absolute Gasteiger partial charge is 0.243 e. The predicted octanol–water partition coefficient (Wildman–Crippen LogP) is -0.0175. The van der Waals surface area contributed by atoms with Crippen LogP contribution in [0.5, 0.6) is 0 Å². The number of fused-ring (bicyclic) bond motifs is 2. The largest absolute Gasteiger partial charge is 0.378 e. The zero-order chi connectivity index (χ0) is 14.2. The molecule has 1 saturated carbocycles. The highest BCUT2D eigenvalue weighted by Crippen LogP contribution is 2.39. The topological polar surface area (TPSA) is 92.4 Å². The minimum Gasteiger partial charge on any atom is -0.378 e. The summed E-state index contributed by atoms with van der Waals surface area (Å²) in [6.45, 7) is 4.09. The van der Waals surface area contributed by atoms with E-state index in [1.807, 2.05) is 0 Å². The van der Waals surface area contributed by atoms with Crippen molar-refractivity contribution in [3.05, 3.63) is 0 Å². The summed E-state index contributed by atoms with van der Waals surface area (Å²) in [5, 5.41) is 0. The minimum atomic E-state index is 0.435. The zero-order valence-corrected chi connectivity index (χ0v) is 12.0. The van der Waals surface area contributed by atoms with Gasteiger partial charge in [0, 0.05) is 25.7 Å². The molecule has 1 aromatic heterocycles. The van der Waals surface area contributed by atoms with Crippen LogP contribution in [-0.2, 0) is 4.74 Å². The fourth-order valence-electron chi connectivity index (χ4n) is 3.62. The summed E-state index contributed by atoms with van der Waals surface area (Å²) in [7, 11) is 0. The van der Waals surface area contributed by atoms with E-state index >= 15 is 0 Å². The summed E-state index contributed by atoms with van der Waals surface area (Å²) in [6, 6.07) is 0.584. The number of nitrogens with one attached hydrogen (secondary N) is 1. The van der Waals surface area contributed by atoms with Gasteiger partial charge in [-0.1, -0.05) is 0 Å². The second-order valence-corrected chi connectivity index (χ2v) is 5.99. The van der Waals surface area contributed by atoms with Crippen molar-refractivity contribution in [1.82, 2.24) is 15.0 Å². The summed E-state index contributed by atoms with van der Waals surface area (Å²) in [5.74, 6) is 8.21. The molecule has 4 rings (SSSR count). The maximum Gasteiger partial charge on any atom is 0.243 e. The number of aromatic nitrogens is 3. The monoisotopic (exact) mass is 291 g/mol. The average Bonchev–Trinajstić information content (AvgIpc) is 3.18. The maximum atomic E-state index is 5.53. The van der Waals surface area contributed by atoms with E-state index < -0.39 is 0 Å². The first-order valence-electron chi connectivity index (χ1n) is 7.65. The molecule has 8 nitrogen and oxygen atoms in total. The molecule has 0 amide bonds. The Balaban J connectivity index is 1.63. The van der Waals surface area contributed by atoms with Gasteiger partial charge < -0.3 is 14.5 Å². The van der Waals surface area contributed by atoms with E-state index in [1.54, 1.807) is 0 Å². The molecule has 2 bridgehead atoms. The Kier molecular flexibility index (Phi) is 3.27. The van der Waals surface area contributed by atoms with Crippen LogP contribution in [0.15, 0.2) is 0 Å². The summed E-state index contributed by atoms with van der Waals surface area (Å²) >= 11 is 0. The molecule has 8 heteroatoms. The first kappa shape index (κ1) is 13.0. The van der Waals surface area contributed by atoms with E-state index in [4.69, 9.17) is 10.6 Å². The normalized spacial score (nSPS) is 28.2. The number of morpholine rings is 1. The van der Waals surface area contributed by atoms with E-state index in [-0.39, 0.29) is 0 Å². The maximum absolute atomic E-state index is 5.53. The lowest BCUT2D eigenvalue weighted by molar-refractivity contribution is 0.122. The van der Waals surface area contributed by atoms with Gasteiger partial charge in [-0.3, -0.25) is 5.43 Å². The second kappa shape index (κ2) is 5.27. The molecule has 0 aromatic carbocycles. The van der Waals surface area contributed by atoms with Crippen LogP contribution in [0, 0.1) is 5.92 Å². The van der Waals surface area contributed by atoms with E-state index in [1.165, 1.54) is 19.3 Å². The van der Waals surface area contributed by atoms with Gasteiger partial charge in [-0.15, -0.1) is 0 Å². The standard InChI is InChI=1S/C13H21N7O/c14-18-11-15-12(19-3-5-21-6-4-19)17-13(16-11)20-8-9-1-2-10(20)7-9/h9-10H,1-8,14H2,(H,15,16,17,18). The van der Waals surface area contributed by atoms with Crippen molar-refractivity contribution in [2.45, 2.75) is 25.3 Å². The number of ether oxygens (including phenoxy) is 1. The fourth-order valence-corrected chi connectivity index (χ4v) is 3.62. The number of piperidine rings is 1. The van der Waals surface area contributed by atoms with Gasteiger partial charge in [-0.25, -0.2) is 5.84 Å². The van der Waals surface area contributed by atoms with Crippen LogP contribution >= 0.6 is 0 Å². The summed E-state index contributed by atoms with van der Waals surface area (Å²) < 4.78 is 5.38. The molecule has 114 valence electrons. The highest BCUT2D eigenvalue weighted by atomic mass is 16.5. The molecule has 3 N–H and O–H groups in total. The van der Waals surface area contributed by atoms with E-state index in [0.717, 1.165) is 31.5 Å². The van der Waals surface area contributed by atoms with Crippen molar-refractivity contribution in [3.8, 4) is 0 Å². The van der Waals surface area contributed by atoms with Crippen molar-refractivity contribution in [3.63, 3.8) is 0 Å². The Hall–Kier alpha value is -1.67. The Bertz CT molecular complexity index is 519. The fraction of sp³-hybridized carbons (Fsp3) is 0.769. The van der Waals surface area contributed by atoms with Crippen LogP contribution < -0.4 is 21.1 Å². The molecule has 2 unspecified atom stereocenters. The molecule has 3 fully saturated rings. The van der Waals surface area contributed by atoms with Crippen molar-refractivity contribution in [2.24, 2.45) is 11.8 Å². The minimum absolute atomic E-state index is 0.435. The molecular weight excluding hydrogens is 270 g/mol. The lowest BCUT2D eigenvalue weighted by Crippen LogP contribution is -2.39. The first-order chi connectivity index (χ1) is 10.3. The molecule has 21 heavy (non-hydrogen) atoms. The number of nitrogens with two attached hydrogens (primary N) is 1. The van der Waals surface area contributed by atoms with Crippen LogP contribution in [0.25, 0.3) is 0 Å². The van der Waals surface area contributed by atoms with Crippen molar-refractivity contribution >= 4 is 17.8 Å². The second-order valence-electron chi connectivity index (χ2n) is 5.99. The van der Waals surface area contributed by atoms with Gasteiger partial charge in [0.2, 0.25) is 17.8 Å². The third kappa shape index (κ3) is 2.38. The number of anilines is 3. The first-order valence-corrected chi connectivity index (χ1v) is 7.65. The van der Waals surface area contributed by atoms with E-state index in [9.17, 15) is 0 Å². The van der Waals surface area contributed by atoms with Gasteiger partial charge in [0.1, 0.15) is 0 Å². The molecular formula is C13H21N7O. The predicted molar refractivity (Wildman–Crippen MR) is 79.1 cm³/mol. The van der Waals surface area contributed by atoms with Gasteiger partial charge in [-0.2, -0.15) is 15.0 Å². The van der Waals surface area contributed by atoms with Crippen LogP contribution in [0.2, 0.25) is 0 Å². The van der Waals surface area contributed by atoms with Gasteiger partial charge >= 0.3 is 0 Å².